The maximum atomic E-state index is 13.0. The Balaban J connectivity index is 0.00000156. The summed E-state index contributed by atoms with van der Waals surface area (Å²) in [6, 6.07) is 5.75. The first-order valence-electron chi connectivity index (χ1n) is 8.42. The van der Waals surface area contributed by atoms with Gasteiger partial charge in [0.2, 0.25) is 10.0 Å². The van der Waals surface area contributed by atoms with E-state index in [1.54, 1.807) is 4.31 Å². The van der Waals surface area contributed by atoms with Crippen molar-refractivity contribution < 1.29 is 8.42 Å². The van der Waals surface area contributed by atoms with E-state index in [2.05, 4.69) is 5.32 Å². The first-order valence-corrected chi connectivity index (χ1v) is 9.86. The molecule has 1 N–H and O–H groups in total. The van der Waals surface area contributed by atoms with Crippen molar-refractivity contribution in [2.45, 2.75) is 43.4 Å². The van der Waals surface area contributed by atoms with Crippen LogP contribution in [0.25, 0.3) is 0 Å². The Labute approximate surface area is 145 Å². The molecule has 2 fully saturated rings. The quantitative estimate of drug-likeness (QED) is 0.885. The summed E-state index contributed by atoms with van der Waals surface area (Å²) in [5, 5.41) is 3.38. The van der Waals surface area contributed by atoms with Crippen molar-refractivity contribution in [3.63, 3.8) is 0 Å². The van der Waals surface area contributed by atoms with E-state index in [0.717, 1.165) is 51.6 Å². The van der Waals surface area contributed by atoms with Crippen molar-refractivity contribution in [2.75, 3.05) is 26.2 Å². The lowest BCUT2D eigenvalue weighted by atomic mass is 9.78. The van der Waals surface area contributed by atoms with Crippen LogP contribution in [0, 0.1) is 5.41 Å². The Hall–Kier alpha value is -0.620. The molecule has 2 aliphatic heterocycles. The predicted octanol–water partition coefficient (Wildman–Crippen LogP) is 2.36. The molecule has 0 unspecified atom stereocenters. The predicted molar refractivity (Wildman–Crippen MR) is 93.6 cm³/mol. The zero-order chi connectivity index (χ0) is 15.2. The van der Waals surface area contributed by atoms with Crippen molar-refractivity contribution in [1.29, 1.82) is 0 Å². The minimum atomic E-state index is -3.32. The summed E-state index contributed by atoms with van der Waals surface area (Å²) in [5.41, 5.74) is 2.78. The number of fused-ring (bicyclic) bond motifs is 1. The standard InChI is InChI=1S/C17H24N2O2S.ClH/c20-22(21,16-5-4-14-2-1-3-15(14)12-16)19-11-8-17(13-19)6-9-18-10-7-17;/h4-5,12,18H,1-3,6-11,13H2;1H. The van der Waals surface area contributed by atoms with E-state index in [-0.39, 0.29) is 17.8 Å². The first-order chi connectivity index (χ1) is 10.6. The third kappa shape index (κ3) is 3.04. The van der Waals surface area contributed by atoms with Crippen LogP contribution in [0.5, 0.6) is 0 Å². The second-order valence-corrected chi connectivity index (χ2v) is 9.06. The summed E-state index contributed by atoms with van der Waals surface area (Å²) in [5.74, 6) is 0. The van der Waals surface area contributed by atoms with E-state index in [9.17, 15) is 8.42 Å². The molecule has 2 heterocycles. The number of aryl methyl sites for hydroxylation is 2. The van der Waals surface area contributed by atoms with Gasteiger partial charge in [0.1, 0.15) is 0 Å². The maximum Gasteiger partial charge on any atom is 0.243 e. The summed E-state index contributed by atoms with van der Waals surface area (Å²) >= 11 is 0. The van der Waals surface area contributed by atoms with Gasteiger partial charge in [-0.05, 0) is 80.3 Å². The van der Waals surface area contributed by atoms with Gasteiger partial charge < -0.3 is 5.32 Å². The maximum absolute atomic E-state index is 13.0. The number of piperidine rings is 1. The highest BCUT2D eigenvalue weighted by Crippen LogP contribution is 2.40. The van der Waals surface area contributed by atoms with Crippen molar-refractivity contribution in [3.05, 3.63) is 29.3 Å². The van der Waals surface area contributed by atoms with Crippen LogP contribution >= 0.6 is 12.4 Å². The normalized spacial score (nSPS) is 23.7. The van der Waals surface area contributed by atoms with Gasteiger partial charge in [0, 0.05) is 13.1 Å². The largest absolute Gasteiger partial charge is 0.317 e. The molecule has 0 amide bonds. The van der Waals surface area contributed by atoms with Crippen LogP contribution in [0.2, 0.25) is 0 Å². The van der Waals surface area contributed by atoms with Gasteiger partial charge in [0.25, 0.3) is 0 Å². The van der Waals surface area contributed by atoms with E-state index in [1.807, 2.05) is 18.2 Å². The van der Waals surface area contributed by atoms with Gasteiger partial charge in [-0.25, -0.2) is 8.42 Å². The van der Waals surface area contributed by atoms with Gasteiger partial charge in [-0.1, -0.05) is 6.07 Å². The Morgan fingerprint density at radius 2 is 1.78 bits per heavy atom. The minimum absolute atomic E-state index is 0. The van der Waals surface area contributed by atoms with Crippen molar-refractivity contribution in [1.82, 2.24) is 9.62 Å². The molecule has 4 nitrogen and oxygen atoms in total. The Kier molecular flexibility index (Phi) is 4.76. The SMILES string of the molecule is Cl.O=S(=O)(c1ccc2c(c1)CCC2)N1CCC2(CCNCC2)C1. The fourth-order valence-corrected chi connectivity index (χ4v) is 5.93. The van der Waals surface area contributed by atoms with Gasteiger partial charge in [-0.3, -0.25) is 0 Å². The minimum Gasteiger partial charge on any atom is -0.317 e. The zero-order valence-electron chi connectivity index (χ0n) is 13.4. The fraction of sp³-hybridized carbons (Fsp3) is 0.647. The molecule has 23 heavy (non-hydrogen) atoms. The monoisotopic (exact) mass is 356 g/mol. The number of benzene rings is 1. The lowest BCUT2D eigenvalue weighted by molar-refractivity contribution is 0.218. The van der Waals surface area contributed by atoms with Crippen LogP contribution in [0.1, 0.15) is 36.8 Å². The van der Waals surface area contributed by atoms with Gasteiger partial charge >= 0.3 is 0 Å². The van der Waals surface area contributed by atoms with E-state index in [0.29, 0.717) is 18.0 Å². The fourth-order valence-electron chi connectivity index (χ4n) is 4.32. The van der Waals surface area contributed by atoms with Crippen LogP contribution in [-0.2, 0) is 22.9 Å². The summed E-state index contributed by atoms with van der Waals surface area (Å²) in [6.07, 6.45) is 6.48. The zero-order valence-corrected chi connectivity index (χ0v) is 15.0. The van der Waals surface area contributed by atoms with Crippen molar-refractivity contribution >= 4 is 22.4 Å². The summed E-state index contributed by atoms with van der Waals surface area (Å²) in [7, 11) is -3.32. The number of hydrogen-bond donors (Lipinski definition) is 1. The van der Waals surface area contributed by atoms with Gasteiger partial charge in [-0.2, -0.15) is 4.31 Å². The smallest absolute Gasteiger partial charge is 0.243 e. The Bertz CT molecular complexity index is 684. The van der Waals surface area contributed by atoms with Crippen molar-refractivity contribution in [2.24, 2.45) is 5.41 Å². The average Bonchev–Trinajstić information content (AvgIpc) is 3.15. The number of halogens is 1. The highest BCUT2D eigenvalue weighted by atomic mass is 35.5. The lowest BCUT2D eigenvalue weighted by Crippen LogP contribution is -2.39. The molecule has 6 heteroatoms. The molecule has 1 aliphatic carbocycles. The summed E-state index contributed by atoms with van der Waals surface area (Å²) in [4.78, 5) is 0.499. The average molecular weight is 357 g/mol. The van der Waals surface area contributed by atoms with Crippen LogP contribution in [0.3, 0.4) is 0 Å². The highest BCUT2D eigenvalue weighted by Gasteiger charge is 2.43. The molecular formula is C17H25ClN2O2S. The molecule has 1 aromatic carbocycles. The van der Waals surface area contributed by atoms with E-state index < -0.39 is 10.0 Å². The third-order valence-corrected chi connectivity index (χ3v) is 7.62. The molecule has 0 radical (unpaired) electrons. The molecular weight excluding hydrogens is 332 g/mol. The number of nitrogens with one attached hydrogen (secondary N) is 1. The van der Waals surface area contributed by atoms with Crippen LogP contribution in [0.15, 0.2) is 23.1 Å². The van der Waals surface area contributed by atoms with E-state index in [1.165, 1.54) is 11.1 Å². The van der Waals surface area contributed by atoms with Gasteiger partial charge in [-0.15, -0.1) is 12.4 Å². The Morgan fingerprint density at radius 1 is 1.04 bits per heavy atom. The molecule has 0 aromatic heterocycles. The highest BCUT2D eigenvalue weighted by molar-refractivity contribution is 7.89. The molecule has 2 saturated heterocycles. The van der Waals surface area contributed by atoms with Crippen LogP contribution in [0.4, 0.5) is 0 Å². The number of hydrogen-bond acceptors (Lipinski definition) is 3. The van der Waals surface area contributed by atoms with Crippen molar-refractivity contribution in [3.8, 4) is 0 Å². The number of sulfonamides is 1. The Morgan fingerprint density at radius 3 is 2.57 bits per heavy atom. The van der Waals surface area contributed by atoms with E-state index >= 15 is 0 Å². The first kappa shape index (κ1) is 17.2. The molecule has 0 bridgehead atoms. The molecule has 0 atom stereocenters. The van der Waals surface area contributed by atoms with Gasteiger partial charge in [0.05, 0.1) is 4.90 Å². The lowest BCUT2D eigenvalue weighted by Gasteiger charge is -2.33. The molecule has 128 valence electrons. The molecule has 3 aliphatic rings. The van der Waals surface area contributed by atoms with Crippen LogP contribution < -0.4 is 5.32 Å². The van der Waals surface area contributed by atoms with Gasteiger partial charge in [0.15, 0.2) is 0 Å². The number of nitrogens with zero attached hydrogens (tertiary/aromatic N) is 1. The molecule has 4 rings (SSSR count). The van der Waals surface area contributed by atoms with Crippen LogP contribution in [-0.4, -0.2) is 38.9 Å². The second kappa shape index (κ2) is 6.36. The second-order valence-electron chi connectivity index (χ2n) is 7.12. The van der Waals surface area contributed by atoms with E-state index in [4.69, 9.17) is 0 Å². The summed E-state index contributed by atoms with van der Waals surface area (Å²) < 4.78 is 27.7. The summed E-state index contributed by atoms with van der Waals surface area (Å²) in [6.45, 7) is 3.42. The topological polar surface area (TPSA) is 49.4 Å². The third-order valence-electron chi connectivity index (χ3n) is 5.78. The molecule has 1 aromatic rings. The molecule has 1 spiro atoms. The number of rotatable bonds is 2. The molecule has 0 saturated carbocycles.